The molecular formula is C17H16N2O2. The third-order valence-corrected chi connectivity index (χ3v) is 2.84. The second-order valence-electron chi connectivity index (χ2n) is 4.33. The van der Waals surface area contributed by atoms with E-state index in [0.29, 0.717) is 17.7 Å². The van der Waals surface area contributed by atoms with Crippen molar-refractivity contribution in [1.82, 2.24) is 10.4 Å². The lowest BCUT2D eigenvalue weighted by Gasteiger charge is -2.21. The van der Waals surface area contributed by atoms with E-state index in [0.717, 1.165) is 5.01 Å². The maximum atomic E-state index is 12.5. The van der Waals surface area contributed by atoms with Crippen molar-refractivity contribution in [2.45, 2.75) is 0 Å². The molecule has 0 saturated heterocycles. The minimum atomic E-state index is -0.397. The number of imide groups is 1. The number of hydrazine groups is 1. The summed E-state index contributed by atoms with van der Waals surface area (Å²) in [6.07, 6.45) is 1.59. The number of carbonyl (C=O) groups excluding carboxylic acids is 2. The first-order valence-electron chi connectivity index (χ1n) is 6.57. The van der Waals surface area contributed by atoms with Crippen molar-refractivity contribution in [3.63, 3.8) is 0 Å². The van der Waals surface area contributed by atoms with Gasteiger partial charge < -0.3 is 0 Å². The molecule has 21 heavy (non-hydrogen) atoms. The number of carbonyl (C=O) groups is 2. The molecule has 0 fully saturated rings. The van der Waals surface area contributed by atoms with Crippen LogP contribution in [0.1, 0.15) is 20.7 Å². The van der Waals surface area contributed by atoms with Crippen molar-refractivity contribution < 1.29 is 9.59 Å². The summed E-state index contributed by atoms with van der Waals surface area (Å²) in [6.45, 7) is 3.90. The van der Waals surface area contributed by atoms with Gasteiger partial charge in [0.25, 0.3) is 11.8 Å². The van der Waals surface area contributed by atoms with E-state index in [-0.39, 0.29) is 0 Å². The Bertz CT molecular complexity index is 572. The van der Waals surface area contributed by atoms with Gasteiger partial charge in [0.05, 0.1) is 0 Å². The highest BCUT2D eigenvalue weighted by molar-refractivity contribution is 6.09. The van der Waals surface area contributed by atoms with Crippen molar-refractivity contribution in [3.05, 3.63) is 84.4 Å². The standard InChI is InChI=1S/C17H16N2O2/c1-2-13-18-19(16(20)14-9-5-3-6-10-14)17(21)15-11-7-4-8-12-15/h2-12,18H,1,13H2. The van der Waals surface area contributed by atoms with E-state index in [1.165, 1.54) is 0 Å². The van der Waals surface area contributed by atoms with Crippen LogP contribution >= 0.6 is 0 Å². The van der Waals surface area contributed by atoms with Crippen molar-refractivity contribution in [2.24, 2.45) is 0 Å². The number of amides is 2. The molecule has 0 unspecified atom stereocenters. The van der Waals surface area contributed by atoms with Gasteiger partial charge in [0.1, 0.15) is 0 Å². The second-order valence-corrected chi connectivity index (χ2v) is 4.33. The van der Waals surface area contributed by atoms with Crippen molar-refractivity contribution in [1.29, 1.82) is 0 Å². The number of hydrogen-bond donors (Lipinski definition) is 1. The Morgan fingerprint density at radius 3 is 1.71 bits per heavy atom. The van der Waals surface area contributed by atoms with Crippen LogP contribution in [0.25, 0.3) is 0 Å². The molecule has 0 heterocycles. The maximum absolute atomic E-state index is 12.5. The smallest absolute Gasteiger partial charge is 0.267 e. The van der Waals surface area contributed by atoms with Gasteiger partial charge in [0.15, 0.2) is 0 Å². The van der Waals surface area contributed by atoms with E-state index in [1.807, 2.05) is 12.1 Å². The van der Waals surface area contributed by atoms with Gasteiger partial charge in [-0.1, -0.05) is 42.5 Å². The van der Waals surface area contributed by atoms with E-state index < -0.39 is 11.8 Å². The van der Waals surface area contributed by atoms with Crippen LogP contribution in [0.15, 0.2) is 73.3 Å². The summed E-state index contributed by atoms with van der Waals surface area (Å²) in [5.74, 6) is -0.794. The largest absolute Gasteiger partial charge is 0.275 e. The zero-order chi connectivity index (χ0) is 15.1. The molecule has 0 spiro atoms. The molecule has 2 aromatic rings. The van der Waals surface area contributed by atoms with Gasteiger partial charge in [-0.3, -0.25) is 9.59 Å². The molecule has 0 bridgehead atoms. The van der Waals surface area contributed by atoms with Gasteiger partial charge in [-0.25, -0.2) is 10.4 Å². The Kier molecular flexibility index (Phi) is 5.01. The molecule has 0 aliphatic heterocycles. The quantitative estimate of drug-likeness (QED) is 0.520. The summed E-state index contributed by atoms with van der Waals surface area (Å²) in [7, 11) is 0. The van der Waals surface area contributed by atoms with Gasteiger partial charge in [-0.15, -0.1) is 6.58 Å². The van der Waals surface area contributed by atoms with E-state index >= 15 is 0 Å². The molecule has 0 aliphatic carbocycles. The SMILES string of the molecule is C=CCNN(C(=O)c1ccccc1)C(=O)c1ccccc1. The maximum Gasteiger partial charge on any atom is 0.275 e. The highest BCUT2D eigenvalue weighted by Crippen LogP contribution is 2.08. The Morgan fingerprint density at radius 1 is 0.905 bits per heavy atom. The summed E-state index contributed by atoms with van der Waals surface area (Å²) in [6, 6.07) is 17.3. The van der Waals surface area contributed by atoms with Crippen LogP contribution in [-0.2, 0) is 0 Å². The van der Waals surface area contributed by atoms with E-state index in [4.69, 9.17) is 0 Å². The van der Waals surface area contributed by atoms with Crippen LogP contribution in [-0.4, -0.2) is 23.4 Å². The normalized spacial score (nSPS) is 9.90. The summed E-state index contributed by atoms with van der Waals surface area (Å²) in [4.78, 5) is 24.9. The van der Waals surface area contributed by atoms with Crippen LogP contribution < -0.4 is 5.43 Å². The summed E-state index contributed by atoms with van der Waals surface area (Å²) >= 11 is 0. The summed E-state index contributed by atoms with van der Waals surface area (Å²) in [5, 5.41) is 1.02. The summed E-state index contributed by atoms with van der Waals surface area (Å²) < 4.78 is 0. The van der Waals surface area contributed by atoms with E-state index in [2.05, 4.69) is 12.0 Å². The lowest BCUT2D eigenvalue weighted by molar-refractivity contribution is 0.0535. The first kappa shape index (κ1) is 14.7. The van der Waals surface area contributed by atoms with E-state index in [1.54, 1.807) is 54.6 Å². The van der Waals surface area contributed by atoms with Crippen LogP contribution in [0.4, 0.5) is 0 Å². The highest BCUT2D eigenvalue weighted by Gasteiger charge is 2.23. The number of nitrogens with zero attached hydrogens (tertiary/aromatic N) is 1. The molecule has 4 nitrogen and oxygen atoms in total. The van der Waals surface area contributed by atoms with Crippen molar-refractivity contribution in [2.75, 3.05) is 6.54 Å². The number of benzene rings is 2. The monoisotopic (exact) mass is 280 g/mol. The zero-order valence-corrected chi connectivity index (χ0v) is 11.5. The first-order chi connectivity index (χ1) is 10.2. The molecule has 1 N–H and O–H groups in total. The third kappa shape index (κ3) is 3.64. The molecule has 0 atom stereocenters. The van der Waals surface area contributed by atoms with Crippen molar-refractivity contribution >= 4 is 11.8 Å². The third-order valence-electron chi connectivity index (χ3n) is 2.84. The topological polar surface area (TPSA) is 49.4 Å². The molecule has 2 aromatic carbocycles. The fourth-order valence-corrected chi connectivity index (χ4v) is 1.81. The minimum absolute atomic E-state index is 0.317. The molecular weight excluding hydrogens is 264 g/mol. The fourth-order valence-electron chi connectivity index (χ4n) is 1.81. The molecule has 0 aliphatic rings. The van der Waals surface area contributed by atoms with Crippen LogP contribution in [0.3, 0.4) is 0 Å². The number of nitrogens with one attached hydrogen (secondary N) is 1. The van der Waals surface area contributed by atoms with Gasteiger partial charge in [-0.2, -0.15) is 0 Å². The summed E-state index contributed by atoms with van der Waals surface area (Å²) in [5.41, 5.74) is 3.67. The molecule has 2 amide bonds. The van der Waals surface area contributed by atoms with Crippen molar-refractivity contribution in [3.8, 4) is 0 Å². The molecule has 4 heteroatoms. The second kappa shape index (κ2) is 7.17. The molecule has 106 valence electrons. The van der Waals surface area contributed by atoms with E-state index in [9.17, 15) is 9.59 Å². The van der Waals surface area contributed by atoms with Gasteiger partial charge in [-0.05, 0) is 24.3 Å². The van der Waals surface area contributed by atoms with Gasteiger partial charge in [0.2, 0.25) is 0 Å². The molecule has 0 radical (unpaired) electrons. The van der Waals surface area contributed by atoms with Crippen LogP contribution in [0.2, 0.25) is 0 Å². The Morgan fingerprint density at radius 2 is 1.33 bits per heavy atom. The average molecular weight is 280 g/mol. The Labute approximate surface area is 123 Å². The average Bonchev–Trinajstić information content (AvgIpc) is 2.56. The number of rotatable bonds is 5. The molecule has 0 saturated carbocycles. The predicted molar refractivity (Wildman–Crippen MR) is 81.6 cm³/mol. The highest BCUT2D eigenvalue weighted by atomic mass is 16.2. The lowest BCUT2D eigenvalue weighted by atomic mass is 10.1. The van der Waals surface area contributed by atoms with Gasteiger partial charge in [0, 0.05) is 17.7 Å². The Hall–Kier alpha value is -2.72. The predicted octanol–water partition coefficient (Wildman–Crippen LogP) is 2.66. The fraction of sp³-hybridized carbons (Fsp3) is 0.0588. The number of hydrogen-bond acceptors (Lipinski definition) is 3. The van der Waals surface area contributed by atoms with Gasteiger partial charge >= 0.3 is 0 Å². The van der Waals surface area contributed by atoms with Crippen LogP contribution in [0.5, 0.6) is 0 Å². The first-order valence-corrected chi connectivity index (χ1v) is 6.57. The minimum Gasteiger partial charge on any atom is -0.267 e. The van der Waals surface area contributed by atoms with Crippen LogP contribution in [0, 0.1) is 0 Å². The Balaban J connectivity index is 2.28. The molecule has 0 aromatic heterocycles. The lowest BCUT2D eigenvalue weighted by Crippen LogP contribution is -2.47. The molecule has 2 rings (SSSR count). The zero-order valence-electron chi connectivity index (χ0n) is 11.5.